The molecular formula is C7H4F2N2O5. The molecule has 9 heteroatoms. The van der Waals surface area contributed by atoms with Crippen molar-refractivity contribution < 1.29 is 28.3 Å². The van der Waals surface area contributed by atoms with E-state index in [-0.39, 0.29) is 0 Å². The zero-order valence-electron chi connectivity index (χ0n) is 7.46. The minimum Gasteiger partial charge on any atom is -0.474 e. The van der Waals surface area contributed by atoms with Gasteiger partial charge in [0, 0.05) is 0 Å². The average Bonchev–Trinajstić information content (AvgIpc) is 2.17. The first-order valence-electron chi connectivity index (χ1n) is 3.74. The van der Waals surface area contributed by atoms with Gasteiger partial charge in [0.05, 0.1) is 0 Å². The van der Waals surface area contributed by atoms with E-state index in [0.29, 0.717) is 0 Å². The average molecular weight is 234 g/mol. The molecule has 0 saturated heterocycles. The van der Waals surface area contributed by atoms with Crippen LogP contribution in [-0.2, 0) is 4.79 Å². The fourth-order valence-electron chi connectivity index (χ4n) is 0.781. The third-order valence-corrected chi connectivity index (χ3v) is 1.41. The lowest BCUT2D eigenvalue weighted by Gasteiger charge is -2.12. The number of ether oxygens (including phenoxy) is 1. The first-order valence-corrected chi connectivity index (χ1v) is 3.74. The van der Waals surface area contributed by atoms with Gasteiger partial charge in [-0.15, -0.1) is 0 Å². The van der Waals surface area contributed by atoms with Gasteiger partial charge in [-0.2, -0.15) is 8.78 Å². The molecule has 16 heavy (non-hydrogen) atoms. The second kappa shape index (κ2) is 4.04. The summed E-state index contributed by atoms with van der Waals surface area (Å²) in [6.45, 7) is 0. The van der Waals surface area contributed by atoms with E-state index in [1.54, 1.807) is 0 Å². The number of carboxylic acid groups (broad SMARTS) is 1. The fraction of sp³-hybridized carbons (Fsp3) is 0.143. The number of pyridine rings is 1. The molecule has 86 valence electrons. The van der Waals surface area contributed by atoms with Crippen LogP contribution in [0, 0.1) is 10.1 Å². The lowest BCUT2D eigenvalue weighted by atomic mass is 10.4. The molecule has 0 spiro atoms. The van der Waals surface area contributed by atoms with Crippen molar-refractivity contribution in [2.24, 2.45) is 0 Å². The summed E-state index contributed by atoms with van der Waals surface area (Å²) in [6.07, 6.45) is -3.56. The summed E-state index contributed by atoms with van der Waals surface area (Å²) in [7, 11) is 0. The van der Waals surface area contributed by atoms with Gasteiger partial charge in [-0.1, -0.05) is 0 Å². The topological polar surface area (TPSA) is 103 Å². The van der Waals surface area contributed by atoms with E-state index < -0.39 is 28.6 Å². The molecule has 0 aliphatic heterocycles. The number of rotatable bonds is 4. The van der Waals surface area contributed by atoms with E-state index in [4.69, 9.17) is 5.11 Å². The number of hydrogen-bond acceptors (Lipinski definition) is 5. The van der Waals surface area contributed by atoms with Crippen molar-refractivity contribution in [3.63, 3.8) is 0 Å². The Morgan fingerprint density at radius 1 is 1.62 bits per heavy atom. The Morgan fingerprint density at radius 3 is 2.75 bits per heavy atom. The number of carboxylic acids is 1. The van der Waals surface area contributed by atoms with E-state index in [1.807, 2.05) is 0 Å². The van der Waals surface area contributed by atoms with Crippen molar-refractivity contribution in [3.8, 4) is 5.75 Å². The normalized spacial score (nSPS) is 10.9. The van der Waals surface area contributed by atoms with Gasteiger partial charge in [0.1, 0.15) is 6.20 Å². The van der Waals surface area contributed by atoms with E-state index in [2.05, 4.69) is 9.72 Å². The third-order valence-electron chi connectivity index (χ3n) is 1.41. The standard InChI is InChI=1S/C7H4F2N2O5/c8-7(9,6(12)13)16-4-2-1-3-10-5(4)11(14)15/h1-3H,(H,12,13). The van der Waals surface area contributed by atoms with Crippen molar-refractivity contribution in [1.82, 2.24) is 4.98 Å². The van der Waals surface area contributed by atoms with Crippen LogP contribution in [0.4, 0.5) is 14.6 Å². The molecule has 1 heterocycles. The Kier molecular flexibility index (Phi) is 2.97. The van der Waals surface area contributed by atoms with Crippen LogP contribution >= 0.6 is 0 Å². The van der Waals surface area contributed by atoms with Crippen LogP contribution in [-0.4, -0.2) is 27.1 Å². The Morgan fingerprint density at radius 2 is 2.25 bits per heavy atom. The van der Waals surface area contributed by atoms with Gasteiger partial charge in [0.15, 0.2) is 0 Å². The minimum absolute atomic E-state index is 0.821. The predicted molar refractivity (Wildman–Crippen MR) is 44.1 cm³/mol. The van der Waals surface area contributed by atoms with Crippen LogP contribution in [0.15, 0.2) is 18.3 Å². The highest BCUT2D eigenvalue weighted by atomic mass is 19.3. The smallest absolute Gasteiger partial charge is 0.474 e. The van der Waals surface area contributed by atoms with Crippen LogP contribution in [0.3, 0.4) is 0 Å². The van der Waals surface area contributed by atoms with Gasteiger partial charge < -0.3 is 20.0 Å². The molecule has 0 saturated carbocycles. The summed E-state index contributed by atoms with van der Waals surface area (Å²) >= 11 is 0. The van der Waals surface area contributed by atoms with Crippen LogP contribution < -0.4 is 4.74 Å². The lowest BCUT2D eigenvalue weighted by molar-refractivity contribution is -0.391. The summed E-state index contributed by atoms with van der Waals surface area (Å²) in [5.74, 6) is -4.45. The molecule has 0 radical (unpaired) electrons. The Labute approximate surface area is 86.4 Å². The van der Waals surface area contributed by atoms with Gasteiger partial charge in [-0.3, -0.25) is 0 Å². The number of carbonyl (C=O) groups is 1. The summed E-state index contributed by atoms with van der Waals surface area (Å²) in [4.78, 5) is 22.5. The molecule has 0 amide bonds. The van der Waals surface area contributed by atoms with Crippen molar-refractivity contribution in [2.75, 3.05) is 0 Å². The van der Waals surface area contributed by atoms with E-state index >= 15 is 0 Å². The van der Waals surface area contributed by atoms with Gasteiger partial charge in [0.25, 0.3) is 0 Å². The molecule has 0 aliphatic rings. The van der Waals surface area contributed by atoms with Crippen molar-refractivity contribution in [1.29, 1.82) is 0 Å². The molecular weight excluding hydrogens is 230 g/mol. The fourth-order valence-corrected chi connectivity index (χ4v) is 0.781. The zero-order chi connectivity index (χ0) is 12.3. The second-order valence-electron chi connectivity index (χ2n) is 2.51. The summed E-state index contributed by atoms with van der Waals surface area (Å²) in [5.41, 5.74) is 0. The number of nitrogens with zero attached hydrogens (tertiary/aromatic N) is 2. The largest absolute Gasteiger partial charge is 0.502 e. The summed E-state index contributed by atoms with van der Waals surface area (Å²) in [5, 5.41) is 18.4. The van der Waals surface area contributed by atoms with Crippen molar-refractivity contribution in [3.05, 3.63) is 28.4 Å². The molecule has 0 aliphatic carbocycles. The van der Waals surface area contributed by atoms with Crippen LogP contribution in [0.25, 0.3) is 0 Å². The first kappa shape index (κ1) is 11.8. The first-order chi connectivity index (χ1) is 7.34. The maximum atomic E-state index is 12.6. The number of nitro groups is 1. The van der Waals surface area contributed by atoms with Gasteiger partial charge in [0.2, 0.25) is 5.75 Å². The van der Waals surface area contributed by atoms with E-state index in [9.17, 15) is 23.7 Å². The van der Waals surface area contributed by atoms with Gasteiger partial charge >= 0.3 is 17.9 Å². The van der Waals surface area contributed by atoms with Crippen LogP contribution in [0.5, 0.6) is 5.75 Å². The predicted octanol–water partition coefficient (Wildman–Crippen LogP) is 1.05. The van der Waals surface area contributed by atoms with Crippen molar-refractivity contribution in [2.45, 2.75) is 6.11 Å². The molecule has 0 aromatic carbocycles. The van der Waals surface area contributed by atoms with Crippen molar-refractivity contribution >= 4 is 11.8 Å². The monoisotopic (exact) mass is 234 g/mol. The highest BCUT2D eigenvalue weighted by molar-refractivity contribution is 5.74. The quantitative estimate of drug-likeness (QED) is 0.616. The zero-order valence-corrected chi connectivity index (χ0v) is 7.46. The highest BCUT2D eigenvalue weighted by Gasteiger charge is 2.44. The second-order valence-corrected chi connectivity index (χ2v) is 2.51. The van der Waals surface area contributed by atoms with Gasteiger partial charge in [-0.25, -0.2) is 4.79 Å². The summed E-state index contributed by atoms with van der Waals surface area (Å²) in [6, 6.07) is 1.92. The molecule has 0 bridgehead atoms. The molecule has 1 N–H and O–H groups in total. The number of aromatic nitrogens is 1. The number of alkyl halides is 2. The molecule has 7 nitrogen and oxygen atoms in total. The third kappa shape index (κ3) is 2.38. The maximum Gasteiger partial charge on any atom is 0.502 e. The Bertz CT molecular complexity index is 437. The number of hydrogen-bond donors (Lipinski definition) is 1. The molecule has 1 aromatic heterocycles. The molecule has 0 fully saturated rings. The minimum atomic E-state index is -4.55. The molecule has 1 aromatic rings. The Hall–Kier alpha value is -2.32. The molecule has 1 rings (SSSR count). The van der Waals surface area contributed by atoms with Crippen LogP contribution in [0.2, 0.25) is 0 Å². The SMILES string of the molecule is O=C(O)C(F)(F)Oc1cccnc1[N+](=O)[O-]. The maximum absolute atomic E-state index is 12.6. The number of halogens is 2. The molecule has 0 unspecified atom stereocenters. The van der Waals surface area contributed by atoms with E-state index in [0.717, 1.165) is 18.3 Å². The van der Waals surface area contributed by atoms with E-state index in [1.165, 1.54) is 0 Å². The molecule has 0 atom stereocenters. The van der Waals surface area contributed by atoms with Crippen LogP contribution in [0.1, 0.15) is 0 Å². The lowest BCUT2D eigenvalue weighted by Crippen LogP contribution is -2.35. The van der Waals surface area contributed by atoms with Gasteiger partial charge in [-0.05, 0) is 22.0 Å². The Balaban J connectivity index is 3.06. The number of aliphatic carboxylic acids is 1. The summed E-state index contributed by atoms with van der Waals surface area (Å²) < 4.78 is 28.9. The highest BCUT2D eigenvalue weighted by Crippen LogP contribution is 2.28.